The number of anilines is 1. The van der Waals surface area contributed by atoms with Gasteiger partial charge in [-0.25, -0.2) is 8.78 Å². The zero-order chi connectivity index (χ0) is 30.4. The van der Waals surface area contributed by atoms with Crippen LogP contribution in [0.5, 0.6) is 0 Å². The van der Waals surface area contributed by atoms with Crippen molar-refractivity contribution in [2.45, 2.75) is 23.9 Å². The number of pyridine rings is 1. The largest absolute Gasteiger partial charge is 0.379 e. The van der Waals surface area contributed by atoms with Crippen LogP contribution in [0.1, 0.15) is 18.5 Å². The van der Waals surface area contributed by atoms with E-state index in [0.29, 0.717) is 72.2 Å². The number of thioether (sulfide) groups is 1. The number of halogens is 3. The van der Waals surface area contributed by atoms with Gasteiger partial charge in [0.2, 0.25) is 5.91 Å². The Labute approximate surface area is 257 Å². The van der Waals surface area contributed by atoms with Crippen LogP contribution in [0.15, 0.2) is 46.6 Å². The highest BCUT2D eigenvalue weighted by atomic mass is 35.5. The molecule has 1 unspecified atom stereocenters. The number of carbonyl (C=O) groups is 1. The Balaban J connectivity index is 1.60. The number of aromatic nitrogens is 1. The highest BCUT2D eigenvalue weighted by Gasteiger charge is 2.36. The third-order valence-corrected chi connectivity index (χ3v) is 9.98. The van der Waals surface area contributed by atoms with Crippen LogP contribution < -0.4 is 10.5 Å². The van der Waals surface area contributed by atoms with Gasteiger partial charge in [-0.15, -0.1) is 11.8 Å². The Morgan fingerprint density at radius 3 is 2.67 bits per heavy atom. The Hall–Kier alpha value is -3.43. The molecule has 2 atom stereocenters. The third-order valence-electron chi connectivity index (χ3n) is 8.44. The maximum Gasteiger partial charge on any atom is 0.271 e. The number of rotatable bonds is 5. The molecule has 12 heteroatoms. The molecule has 6 rings (SSSR count). The predicted octanol–water partition coefficient (Wildman–Crippen LogP) is 4.67. The van der Waals surface area contributed by atoms with E-state index in [1.807, 2.05) is 11.8 Å². The summed E-state index contributed by atoms with van der Waals surface area (Å²) in [7, 11) is 0. The summed E-state index contributed by atoms with van der Waals surface area (Å²) in [5, 5.41) is 11.3. The van der Waals surface area contributed by atoms with Crippen molar-refractivity contribution in [1.29, 1.82) is 5.26 Å². The van der Waals surface area contributed by atoms with Gasteiger partial charge in [0.25, 0.3) is 5.56 Å². The minimum atomic E-state index is -0.757. The smallest absolute Gasteiger partial charge is 0.271 e. The highest BCUT2D eigenvalue weighted by molar-refractivity contribution is 7.99. The fourth-order valence-corrected chi connectivity index (χ4v) is 8.10. The van der Waals surface area contributed by atoms with Crippen molar-refractivity contribution in [3.63, 3.8) is 0 Å². The molecule has 1 amide bonds. The Morgan fingerprint density at radius 1 is 1.23 bits per heavy atom. The first-order chi connectivity index (χ1) is 20.7. The van der Waals surface area contributed by atoms with Gasteiger partial charge in [0.05, 0.1) is 35.5 Å². The summed E-state index contributed by atoms with van der Waals surface area (Å²) in [5.41, 5.74) is 1.14. The SMILES string of the molecule is C=CC(=O)N1CCN(c2c(C#N)c(=O)n3c4c(c(-c5ccc(F)cc5F)c(Cl)cc24)SCC3CN2CCOCC2)[C@@H](C)C1. The minimum absolute atomic E-state index is 0.00412. The van der Waals surface area contributed by atoms with Crippen LogP contribution in [-0.4, -0.2) is 84.6 Å². The molecule has 3 aliphatic heterocycles. The quantitative estimate of drug-likeness (QED) is 0.381. The van der Waals surface area contributed by atoms with Crippen LogP contribution in [0.4, 0.5) is 14.5 Å². The molecule has 0 saturated carbocycles. The van der Waals surface area contributed by atoms with Crippen LogP contribution in [0, 0.1) is 23.0 Å². The monoisotopic (exact) mass is 625 g/mol. The van der Waals surface area contributed by atoms with E-state index in [9.17, 15) is 19.2 Å². The first-order valence-corrected chi connectivity index (χ1v) is 15.5. The van der Waals surface area contributed by atoms with Crippen LogP contribution in [0.2, 0.25) is 5.02 Å². The second-order valence-electron chi connectivity index (χ2n) is 11.0. The summed E-state index contributed by atoms with van der Waals surface area (Å²) in [6.07, 6.45) is 1.28. The normalized spacial score (nSPS) is 20.7. The molecule has 3 aliphatic rings. The molecule has 224 valence electrons. The van der Waals surface area contributed by atoms with Gasteiger partial charge >= 0.3 is 0 Å². The van der Waals surface area contributed by atoms with Crippen LogP contribution >= 0.6 is 23.4 Å². The van der Waals surface area contributed by atoms with Crippen LogP contribution in [-0.2, 0) is 9.53 Å². The van der Waals surface area contributed by atoms with Gasteiger partial charge in [-0.2, -0.15) is 5.26 Å². The van der Waals surface area contributed by atoms with Gasteiger partial charge in [0, 0.05) is 78.5 Å². The summed E-state index contributed by atoms with van der Waals surface area (Å²) in [6.45, 7) is 9.93. The van der Waals surface area contributed by atoms with E-state index >= 15 is 4.39 Å². The van der Waals surface area contributed by atoms with E-state index in [1.165, 1.54) is 30.0 Å². The fourth-order valence-electron chi connectivity index (χ4n) is 6.41. The van der Waals surface area contributed by atoms with Crippen molar-refractivity contribution in [3.8, 4) is 17.2 Å². The molecule has 2 fully saturated rings. The molecule has 3 aromatic rings. The summed E-state index contributed by atoms with van der Waals surface area (Å²) in [4.78, 5) is 33.2. The standard InChI is InChI=1S/C31H30ClF2N5O3S/c1-3-26(40)37-6-7-38(18(2)15-37)28-22-13-24(32)27(21-5-4-19(33)12-25(21)34)30-29(22)39(31(41)23(28)14-35)20(17-43-30)16-36-8-10-42-11-9-36/h3-5,12-13,18,20H,1,6-11,15-17H2,2H3/t18-,20?/m0/s1. The van der Waals surface area contributed by atoms with E-state index in [1.54, 1.807) is 15.5 Å². The molecule has 0 N–H and O–H groups in total. The summed E-state index contributed by atoms with van der Waals surface area (Å²) >= 11 is 8.40. The van der Waals surface area contributed by atoms with E-state index in [0.717, 1.165) is 19.2 Å². The number of ether oxygens (including phenoxy) is 1. The zero-order valence-corrected chi connectivity index (χ0v) is 25.2. The first kappa shape index (κ1) is 29.6. The zero-order valence-electron chi connectivity index (χ0n) is 23.6. The molecular weight excluding hydrogens is 596 g/mol. The number of morpholine rings is 1. The number of amides is 1. The minimum Gasteiger partial charge on any atom is -0.379 e. The number of benzene rings is 2. The van der Waals surface area contributed by atoms with E-state index in [2.05, 4.69) is 17.5 Å². The van der Waals surface area contributed by atoms with Crippen molar-refractivity contribution in [3.05, 3.63) is 69.5 Å². The van der Waals surface area contributed by atoms with Crippen molar-refractivity contribution >= 4 is 45.9 Å². The lowest BCUT2D eigenvalue weighted by Crippen LogP contribution is -2.54. The van der Waals surface area contributed by atoms with Gasteiger partial charge < -0.3 is 19.1 Å². The number of hydrogen-bond acceptors (Lipinski definition) is 7. The topological polar surface area (TPSA) is 81.8 Å². The van der Waals surface area contributed by atoms with Gasteiger partial charge in [-0.05, 0) is 31.2 Å². The van der Waals surface area contributed by atoms with Gasteiger partial charge in [0.1, 0.15) is 23.3 Å². The lowest BCUT2D eigenvalue weighted by atomic mass is 9.98. The molecule has 1 aromatic heterocycles. The summed E-state index contributed by atoms with van der Waals surface area (Å²) in [6, 6.07) is 6.75. The first-order valence-electron chi connectivity index (χ1n) is 14.1. The second-order valence-corrected chi connectivity index (χ2v) is 12.4. The molecule has 2 aromatic carbocycles. The lowest BCUT2D eigenvalue weighted by molar-refractivity contribution is -0.126. The third kappa shape index (κ3) is 5.20. The van der Waals surface area contributed by atoms with Gasteiger partial charge in [-0.3, -0.25) is 14.5 Å². The lowest BCUT2D eigenvalue weighted by Gasteiger charge is -2.42. The number of piperazine rings is 1. The van der Waals surface area contributed by atoms with Crippen molar-refractivity contribution in [2.75, 3.05) is 63.1 Å². The molecule has 0 bridgehead atoms. The van der Waals surface area contributed by atoms with E-state index in [-0.39, 0.29) is 34.1 Å². The number of hydrogen-bond donors (Lipinski definition) is 0. The molecule has 0 spiro atoms. The molecular formula is C31H30ClF2N5O3S. The van der Waals surface area contributed by atoms with Gasteiger partial charge in [-0.1, -0.05) is 18.2 Å². The Morgan fingerprint density at radius 2 is 2.00 bits per heavy atom. The fraction of sp³-hybridized carbons (Fsp3) is 0.387. The molecule has 43 heavy (non-hydrogen) atoms. The number of carbonyl (C=O) groups excluding carboxylic acids is 1. The number of nitrogens with zero attached hydrogens (tertiary/aromatic N) is 5. The molecule has 0 radical (unpaired) electrons. The molecule has 2 saturated heterocycles. The average molecular weight is 626 g/mol. The summed E-state index contributed by atoms with van der Waals surface area (Å²) in [5.74, 6) is -1.14. The van der Waals surface area contributed by atoms with E-state index in [4.69, 9.17) is 16.3 Å². The molecule has 8 nitrogen and oxygen atoms in total. The van der Waals surface area contributed by atoms with Crippen LogP contribution in [0.25, 0.3) is 22.0 Å². The molecule has 4 heterocycles. The van der Waals surface area contributed by atoms with Crippen molar-refractivity contribution < 1.29 is 18.3 Å². The van der Waals surface area contributed by atoms with Gasteiger partial charge in [0.15, 0.2) is 0 Å². The second kappa shape index (κ2) is 11.9. The highest BCUT2D eigenvalue weighted by Crippen LogP contribution is 2.49. The van der Waals surface area contributed by atoms with Crippen LogP contribution in [0.3, 0.4) is 0 Å². The number of nitriles is 1. The van der Waals surface area contributed by atoms with E-state index < -0.39 is 17.2 Å². The van der Waals surface area contributed by atoms with Crippen molar-refractivity contribution in [2.24, 2.45) is 0 Å². The van der Waals surface area contributed by atoms with Crippen molar-refractivity contribution in [1.82, 2.24) is 14.4 Å². The Kier molecular flexibility index (Phi) is 8.22. The molecule has 0 aliphatic carbocycles. The maximum atomic E-state index is 15.2. The average Bonchev–Trinajstić information content (AvgIpc) is 3.00. The summed E-state index contributed by atoms with van der Waals surface area (Å²) < 4.78 is 36.3. The predicted molar refractivity (Wildman–Crippen MR) is 164 cm³/mol. The Bertz CT molecular complexity index is 1740. The maximum absolute atomic E-state index is 15.2.